The summed E-state index contributed by atoms with van der Waals surface area (Å²) < 4.78 is 23.3. The fourth-order valence-corrected chi connectivity index (χ4v) is 3.84. The lowest BCUT2D eigenvalue weighted by Crippen LogP contribution is -2.30. The van der Waals surface area contributed by atoms with Crippen molar-refractivity contribution in [1.82, 2.24) is 5.43 Å². The van der Waals surface area contributed by atoms with Crippen LogP contribution in [-0.2, 0) is 14.8 Å². The van der Waals surface area contributed by atoms with Gasteiger partial charge in [-0.25, -0.2) is 13.6 Å². The Kier molecular flexibility index (Phi) is 5.29. The number of hydrogen-bond acceptors (Lipinski definition) is 5. The van der Waals surface area contributed by atoms with Crippen LogP contribution < -0.4 is 20.8 Å². The van der Waals surface area contributed by atoms with Gasteiger partial charge in [0.25, 0.3) is 5.91 Å². The molecular formula is C16H14BrN5O3S2. The highest BCUT2D eigenvalue weighted by molar-refractivity contribution is 9.10. The van der Waals surface area contributed by atoms with Crippen LogP contribution in [0.15, 0.2) is 56.9 Å². The van der Waals surface area contributed by atoms with Gasteiger partial charge >= 0.3 is 0 Å². The number of thiocarbonyl (C=S) groups is 1. The Morgan fingerprint density at radius 1 is 1.22 bits per heavy atom. The topological polar surface area (TPSA) is 117 Å². The van der Waals surface area contributed by atoms with Crippen molar-refractivity contribution in [2.24, 2.45) is 10.2 Å². The van der Waals surface area contributed by atoms with Crippen LogP contribution in [0.2, 0.25) is 0 Å². The van der Waals surface area contributed by atoms with E-state index in [1.807, 2.05) is 12.1 Å². The molecule has 140 valence electrons. The maximum Gasteiger partial charge on any atom is 0.279 e. The Bertz CT molecular complexity index is 1070. The van der Waals surface area contributed by atoms with Gasteiger partial charge in [0, 0.05) is 22.8 Å². The highest BCUT2D eigenvalue weighted by atomic mass is 79.9. The number of nitrogens with zero attached hydrogens (tertiary/aromatic N) is 2. The lowest BCUT2D eigenvalue weighted by molar-refractivity contribution is -0.112. The average molecular weight is 468 g/mol. The molecule has 0 bridgehead atoms. The Balaban J connectivity index is 1.74. The molecule has 4 N–H and O–H groups in total. The molecule has 2 aromatic rings. The molecule has 2 aromatic carbocycles. The summed E-state index contributed by atoms with van der Waals surface area (Å²) in [6.07, 6.45) is 0. The van der Waals surface area contributed by atoms with Crippen LogP contribution in [0.1, 0.15) is 5.56 Å². The minimum Gasteiger partial charge on any atom is -0.331 e. The van der Waals surface area contributed by atoms with E-state index in [1.165, 1.54) is 29.2 Å². The third kappa shape index (κ3) is 4.00. The van der Waals surface area contributed by atoms with E-state index in [-0.39, 0.29) is 21.6 Å². The number of anilines is 2. The Morgan fingerprint density at radius 3 is 2.52 bits per heavy atom. The molecule has 0 aliphatic carbocycles. The van der Waals surface area contributed by atoms with Crippen molar-refractivity contribution in [2.45, 2.75) is 4.90 Å². The van der Waals surface area contributed by atoms with Crippen molar-refractivity contribution >= 4 is 66.3 Å². The molecule has 1 aliphatic heterocycles. The summed E-state index contributed by atoms with van der Waals surface area (Å²) in [6.45, 7) is 0. The zero-order chi connectivity index (χ0) is 19.8. The third-order valence-electron chi connectivity index (χ3n) is 3.79. The second-order valence-corrected chi connectivity index (χ2v) is 8.42. The number of hydrazone groups is 1. The summed E-state index contributed by atoms with van der Waals surface area (Å²) in [7, 11) is -2.09. The van der Waals surface area contributed by atoms with Gasteiger partial charge in [-0.3, -0.25) is 10.2 Å². The molecule has 27 heavy (non-hydrogen) atoms. The van der Waals surface area contributed by atoms with Crippen LogP contribution in [0, 0.1) is 0 Å². The minimum atomic E-state index is -3.76. The van der Waals surface area contributed by atoms with Gasteiger partial charge in [-0.2, -0.15) is 5.10 Å². The van der Waals surface area contributed by atoms with Crippen LogP contribution in [0.4, 0.5) is 11.4 Å². The van der Waals surface area contributed by atoms with Gasteiger partial charge in [0.05, 0.1) is 10.6 Å². The summed E-state index contributed by atoms with van der Waals surface area (Å²) >= 11 is 8.59. The van der Waals surface area contributed by atoms with Crippen LogP contribution >= 0.6 is 28.1 Å². The number of sulfonamides is 1. The van der Waals surface area contributed by atoms with E-state index in [0.29, 0.717) is 11.3 Å². The van der Waals surface area contributed by atoms with Crippen molar-refractivity contribution in [3.05, 3.63) is 52.5 Å². The number of nitrogens with one attached hydrogen (secondary N) is 2. The molecule has 0 saturated heterocycles. The standard InChI is InChI=1S/C16H14BrN5O3S2/c1-22-14-11(3-2-4-12(14)17)13(15(22)23)20-21-16(26)19-9-5-7-10(8-6-9)27(18,24)25/h2-8H,1H3,(H2,18,24,25)(H2,19,21,26). The van der Waals surface area contributed by atoms with Crippen LogP contribution in [0.25, 0.3) is 0 Å². The first kappa shape index (κ1) is 19.4. The highest BCUT2D eigenvalue weighted by Crippen LogP contribution is 2.35. The number of hydrogen-bond donors (Lipinski definition) is 3. The quantitative estimate of drug-likeness (QED) is 0.467. The molecule has 3 rings (SSSR count). The molecule has 0 unspecified atom stereocenters. The Labute approximate surface area is 169 Å². The number of carbonyl (C=O) groups excluding carboxylic acids is 1. The molecule has 1 amide bonds. The van der Waals surface area contributed by atoms with E-state index in [2.05, 4.69) is 31.8 Å². The predicted octanol–water partition coefficient (Wildman–Crippen LogP) is 1.76. The van der Waals surface area contributed by atoms with Gasteiger partial charge < -0.3 is 10.2 Å². The zero-order valence-corrected chi connectivity index (χ0v) is 17.2. The van der Waals surface area contributed by atoms with Crippen molar-refractivity contribution in [3.8, 4) is 0 Å². The van der Waals surface area contributed by atoms with Gasteiger partial charge in [0.1, 0.15) is 0 Å². The summed E-state index contributed by atoms with van der Waals surface area (Å²) in [5.41, 5.74) is 4.83. The first-order valence-electron chi connectivity index (χ1n) is 7.53. The van der Waals surface area contributed by atoms with Crippen molar-refractivity contribution in [1.29, 1.82) is 0 Å². The van der Waals surface area contributed by atoms with E-state index in [0.717, 1.165) is 10.2 Å². The maximum atomic E-state index is 12.4. The van der Waals surface area contributed by atoms with Gasteiger partial charge in [-0.05, 0) is 58.5 Å². The largest absolute Gasteiger partial charge is 0.331 e. The monoisotopic (exact) mass is 467 g/mol. The first-order valence-corrected chi connectivity index (χ1v) is 10.3. The minimum absolute atomic E-state index is 0.00561. The lowest BCUT2D eigenvalue weighted by atomic mass is 10.1. The molecule has 11 heteroatoms. The molecule has 0 atom stereocenters. The molecule has 1 heterocycles. The number of carbonyl (C=O) groups is 1. The lowest BCUT2D eigenvalue weighted by Gasteiger charge is -2.10. The number of halogens is 1. The Hall–Kier alpha value is -2.34. The van der Waals surface area contributed by atoms with Crippen molar-refractivity contribution in [3.63, 3.8) is 0 Å². The van der Waals surface area contributed by atoms with E-state index in [9.17, 15) is 13.2 Å². The van der Waals surface area contributed by atoms with Crippen LogP contribution in [0.3, 0.4) is 0 Å². The smallest absolute Gasteiger partial charge is 0.279 e. The molecule has 0 saturated carbocycles. The number of rotatable bonds is 3. The first-order chi connectivity index (χ1) is 12.7. The summed E-state index contributed by atoms with van der Waals surface area (Å²) in [6, 6.07) is 11.2. The molecule has 0 radical (unpaired) electrons. The van der Waals surface area contributed by atoms with Gasteiger partial charge in [0.15, 0.2) is 10.8 Å². The molecule has 8 nitrogen and oxygen atoms in total. The third-order valence-corrected chi connectivity index (χ3v) is 5.56. The zero-order valence-electron chi connectivity index (χ0n) is 13.9. The highest BCUT2D eigenvalue weighted by Gasteiger charge is 2.33. The maximum absolute atomic E-state index is 12.4. The number of nitrogens with two attached hydrogens (primary N) is 1. The molecule has 0 spiro atoms. The molecule has 0 fully saturated rings. The van der Waals surface area contributed by atoms with E-state index in [1.54, 1.807) is 13.1 Å². The van der Waals surface area contributed by atoms with Crippen LogP contribution in [-0.4, -0.2) is 32.2 Å². The second-order valence-electron chi connectivity index (χ2n) is 5.60. The molecule has 1 aliphatic rings. The number of amides is 1. The van der Waals surface area contributed by atoms with Gasteiger partial charge in [-0.1, -0.05) is 12.1 Å². The summed E-state index contributed by atoms with van der Waals surface area (Å²) in [5, 5.41) is 12.2. The van der Waals surface area contributed by atoms with Crippen LogP contribution in [0.5, 0.6) is 0 Å². The van der Waals surface area contributed by atoms with E-state index < -0.39 is 10.0 Å². The average Bonchev–Trinajstić information content (AvgIpc) is 2.85. The molecule has 0 aromatic heterocycles. The SMILES string of the molecule is CN1C(=O)C(=NNC(=S)Nc2ccc(S(N)(=O)=O)cc2)c2cccc(Br)c21. The fourth-order valence-electron chi connectivity index (χ4n) is 2.52. The number of fused-ring (bicyclic) bond motifs is 1. The van der Waals surface area contributed by atoms with Crippen molar-refractivity contribution < 1.29 is 13.2 Å². The number of likely N-dealkylation sites (N-methyl/N-ethyl adjacent to an activating group) is 1. The number of benzene rings is 2. The summed E-state index contributed by atoms with van der Waals surface area (Å²) in [4.78, 5) is 13.9. The number of primary sulfonamides is 1. The number of para-hydroxylation sites is 1. The normalized spacial score (nSPS) is 15.0. The Morgan fingerprint density at radius 2 is 1.89 bits per heavy atom. The summed E-state index contributed by atoms with van der Waals surface area (Å²) in [5.74, 6) is -0.260. The fraction of sp³-hybridized carbons (Fsp3) is 0.0625. The van der Waals surface area contributed by atoms with E-state index in [4.69, 9.17) is 17.4 Å². The van der Waals surface area contributed by atoms with Gasteiger partial charge in [0.2, 0.25) is 10.0 Å². The van der Waals surface area contributed by atoms with Gasteiger partial charge in [-0.15, -0.1) is 0 Å². The second kappa shape index (κ2) is 7.35. The molecular weight excluding hydrogens is 454 g/mol. The van der Waals surface area contributed by atoms with E-state index >= 15 is 0 Å². The predicted molar refractivity (Wildman–Crippen MR) is 111 cm³/mol. The van der Waals surface area contributed by atoms with Crippen molar-refractivity contribution in [2.75, 3.05) is 17.3 Å².